The van der Waals surface area contributed by atoms with Crippen LogP contribution >= 0.6 is 24.0 Å². The molecule has 0 radical (unpaired) electrons. The lowest BCUT2D eigenvalue weighted by molar-refractivity contribution is -0.0284. The highest BCUT2D eigenvalue weighted by molar-refractivity contribution is 14.0. The van der Waals surface area contributed by atoms with Crippen LogP contribution in [-0.4, -0.2) is 61.5 Å². The summed E-state index contributed by atoms with van der Waals surface area (Å²) in [5, 5.41) is 10.7. The molecule has 1 aromatic rings. The standard InChI is InChI=1S/C19H35N5O2.HI/c1-6-20-19(21-10-16-9-18(15(4)5)23-26-16)22-11-17-13-24(7-8-25-17)12-14(2)3;/h9,14-15,17H,6-8,10-13H2,1-5H3,(H2,20,21,22);1H. The van der Waals surface area contributed by atoms with Gasteiger partial charge in [0.15, 0.2) is 11.7 Å². The zero-order valence-corrected chi connectivity index (χ0v) is 19.7. The summed E-state index contributed by atoms with van der Waals surface area (Å²) in [4.78, 5) is 7.08. The van der Waals surface area contributed by atoms with Crippen molar-refractivity contribution >= 4 is 29.9 Å². The van der Waals surface area contributed by atoms with E-state index >= 15 is 0 Å². The molecule has 2 N–H and O–H groups in total. The van der Waals surface area contributed by atoms with E-state index in [2.05, 4.69) is 60.3 Å². The molecule has 156 valence electrons. The molecule has 7 nitrogen and oxygen atoms in total. The molecule has 1 aliphatic heterocycles. The molecule has 0 bridgehead atoms. The first-order chi connectivity index (χ1) is 12.5. The number of morpholine rings is 1. The van der Waals surface area contributed by atoms with Gasteiger partial charge in [0.25, 0.3) is 0 Å². The molecule has 1 saturated heterocycles. The predicted molar refractivity (Wildman–Crippen MR) is 120 cm³/mol. The summed E-state index contributed by atoms with van der Waals surface area (Å²) in [6.07, 6.45) is 0.184. The number of hydrogen-bond acceptors (Lipinski definition) is 5. The molecule has 0 amide bonds. The van der Waals surface area contributed by atoms with Crippen LogP contribution in [0.15, 0.2) is 15.6 Å². The van der Waals surface area contributed by atoms with Gasteiger partial charge in [-0.05, 0) is 18.8 Å². The summed E-state index contributed by atoms with van der Waals surface area (Å²) in [5.41, 5.74) is 0.967. The molecular formula is C19H36IN5O2. The molecule has 1 aromatic heterocycles. The zero-order valence-electron chi connectivity index (χ0n) is 17.3. The maximum Gasteiger partial charge on any atom is 0.191 e. The molecule has 1 fully saturated rings. The number of ether oxygens (including phenoxy) is 1. The van der Waals surface area contributed by atoms with E-state index in [9.17, 15) is 0 Å². The van der Waals surface area contributed by atoms with Crippen LogP contribution in [0.2, 0.25) is 0 Å². The van der Waals surface area contributed by atoms with Crippen molar-refractivity contribution in [2.75, 3.05) is 39.3 Å². The second-order valence-electron chi connectivity index (χ2n) is 7.60. The van der Waals surface area contributed by atoms with E-state index in [4.69, 9.17) is 9.26 Å². The molecule has 2 rings (SSSR count). The van der Waals surface area contributed by atoms with Gasteiger partial charge in [0.05, 0.1) is 18.4 Å². The molecule has 27 heavy (non-hydrogen) atoms. The second kappa shape index (κ2) is 12.6. The highest BCUT2D eigenvalue weighted by atomic mass is 127. The Balaban J connectivity index is 0.00000364. The van der Waals surface area contributed by atoms with Crippen molar-refractivity contribution in [1.29, 1.82) is 0 Å². The van der Waals surface area contributed by atoms with Crippen molar-refractivity contribution in [2.24, 2.45) is 10.9 Å². The minimum Gasteiger partial charge on any atom is -0.374 e. The highest BCUT2D eigenvalue weighted by Crippen LogP contribution is 2.14. The topological polar surface area (TPSA) is 74.9 Å². The van der Waals surface area contributed by atoms with Crippen LogP contribution in [0.4, 0.5) is 0 Å². The number of hydrogen-bond donors (Lipinski definition) is 2. The maximum absolute atomic E-state index is 5.90. The molecule has 0 aliphatic carbocycles. The van der Waals surface area contributed by atoms with Crippen LogP contribution in [0.3, 0.4) is 0 Å². The first-order valence-corrected chi connectivity index (χ1v) is 9.79. The summed E-state index contributed by atoms with van der Waals surface area (Å²) >= 11 is 0. The van der Waals surface area contributed by atoms with Gasteiger partial charge in [0.1, 0.15) is 6.54 Å². The van der Waals surface area contributed by atoms with Crippen molar-refractivity contribution in [2.45, 2.75) is 53.2 Å². The fourth-order valence-electron chi connectivity index (χ4n) is 2.97. The molecule has 0 spiro atoms. The lowest BCUT2D eigenvalue weighted by Gasteiger charge is -2.34. The van der Waals surface area contributed by atoms with Crippen molar-refractivity contribution in [1.82, 2.24) is 20.7 Å². The van der Waals surface area contributed by atoms with E-state index in [1.807, 2.05) is 6.07 Å². The average molecular weight is 493 g/mol. The number of nitrogens with one attached hydrogen (secondary N) is 2. The SMILES string of the molecule is CCNC(=NCc1cc(C(C)C)no1)NCC1CN(CC(C)C)CCO1.I. The van der Waals surface area contributed by atoms with Gasteiger partial charge < -0.3 is 19.9 Å². The van der Waals surface area contributed by atoms with Crippen LogP contribution in [-0.2, 0) is 11.3 Å². The smallest absolute Gasteiger partial charge is 0.191 e. The predicted octanol–water partition coefficient (Wildman–Crippen LogP) is 2.83. The van der Waals surface area contributed by atoms with Gasteiger partial charge in [-0.1, -0.05) is 32.9 Å². The van der Waals surface area contributed by atoms with Crippen molar-refractivity contribution < 1.29 is 9.26 Å². The average Bonchev–Trinajstić information content (AvgIpc) is 3.06. The molecule has 8 heteroatoms. The quantitative estimate of drug-likeness (QED) is 0.330. The van der Waals surface area contributed by atoms with Gasteiger partial charge in [0, 0.05) is 38.8 Å². The Bertz CT molecular complexity index is 562. The van der Waals surface area contributed by atoms with Crippen LogP contribution in [0.1, 0.15) is 52.0 Å². The Labute approximate surface area is 180 Å². The lowest BCUT2D eigenvalue weighted by Crippen LogP contribution is -2.50. The van der Waals surface area contributed by atoms with E-state index in [1.54, 1.807) is 0 Å². The first-order valence-electron chi connectivity index (χ1n) is 9.79. The molecule has 1 atom stereocenters. The lowest BCUT2D eigenvalue weighted by atomic mass is 10.1. The van der Waals surface area contributed by atoms with Gasteiger partial charge in [0.2, 0.25) is 0 Å². The first kappa shape index (κ1) is 24.2. The fourth-order valence-corrected chi connectivity index (χ4v) is 2.97. The third-order valence-electron chi connectivity index (χ3n) is 4.25. The Morgan fingerprint density at radius 3 is 2.74 bits per heavy atom. The highest BCUT2D eigenvalue weighted by Gasteiger charge is 2.21. The molecule has 1 aliphatic rings. The fraction of sp³-hybridized carbons (Fsp3) is 0.789. The molecule has 0 saturated carbocycles. The van der Waals surface area contributed by atoms with Crippen molar-refractivity contribution in [3.63, 3.8) is 0 Å². The van der Waals surface area contributed by atoms with E-state index in [0.29, 0.717) is 18.4 Å². The van der Waals surface area contributed by atoms with E-state index < -0.39 is 0 Å². The normalized spacial score (nSPS) is 18.6. The molecule has 2 heterocycles. The Morgan fingerprint density at radius 2 is 2.11 bits per heavy atom. The third-order valence-corrected chi connectivity index (χ3v) is 4.25. The number of rotatable bonds is 8. The Morgan fingerprint density at radius 1 is 1.33 bits per heavy atom. The van der Waals surface area contributed by atoms with Crippen LogP contribution in [0.5, 0.6) is 0 Å². The number of aromatic nitrogens is 1. The summed E-state index contributed by atoms with van der Waals surface area (Å²) in [5.74, 6) is 2.60. The Hall–Kier alpha value is -0.870. The summed E-state index contributed by atoms with van der Waals surface area (Å²) in [7, 11) is 0. The second-order valence-corrected chi connectivity index (χ2v) is 7.60. The summed E-state index contributed by atoms with van der Waals surface area (Å²) < 4.78 is 11.3. The Kier molecular flexibility index (Phi) is 11.2. The largest absolute Gasteiger partial charge is 0.374 e. The number of halogens is 1. The number of aliphatic imine (C=N–C) groups is 1. The summed E-state index contributed by atoms with van der Waals surface area (Å²) in [6, 6.07) is 1.98. The van der Waals surface area contributed by atoms with Crippen molar-refractivity contribution in [3.05, 3.63) is 17.5 Å². The maximum atomic E-state index is 5.90. The third kappa shape index (κ3) is 8.78. The minimum absolute atomic E-state index is 0. The van der Waals surface area contributed by atoms with Gasteiger partial charge in [-0.3, -0.25) is 4.90 Å². The van der Waals surface area contributed by atoms with E-state index in [1.165, 1.54) is 0 Å². The number of nitrogens with zero attached hydrogens (tertiary/aromatic N) is 3. The van der Waals surface area contributed by atoms with Crippen LogP contribution in [0, 0.1) is 5.92 Å². The number of guanidine groups is 1. The zero-order chi connectivity index (χ0) is 18.9. The monoisotopic (exact) mass is 493 g/mol. The molecule has 1 unspecified atom stereocenters. The molecular weight excluding hydrogens is 457 g/mol. The minimum atomic E-state index is 0. The van der Waals surface area contributed by atoms with Crippen LogP contribution in [0.25, 0.3) is 0 Å². The van der Waals surface area contributed by atoms with Gasteiger partial charge >= 0.3 is 0 Å². The van der Waals surface area contributed by atoms with E-state index in [0.717, 1.165) is 56.7 Å². The molecule has 0 aromatic carbocycles. The van der Waals surface area contributed by atoms with Gasteiger partial charge in [-0.2, -0.15) is 0 Å². The van der Waals surface area contributed by atoms with E-state index in [-0.39, 0.29) is 30.1 Å². The van der Waals surface area contributed by atoms with Crippen molar-refractivity contribution in [3.8, 4) is 0 Å². The van der Waals surface area contributed by atoms with Crippen LogP contribution < -0.4 is 10.6 Å². The van der Waals surface area contributed by atoms with Gasteiger partial charge in [-0.15, -0.1) is 24.0 Å². The summed E-state index contributed by atoms with van der Waals surface area (Å²) in [6.45, 7) is 16.7. The van der Waals surface area contributed by atoms with Gasteiger partial charge in [-0.25, -0.2) is 4.99 Å².